The summed E-state index contributed by atoms with van der Waals surface area (Å²) in [5.41, 5.74) is 0.708. The Hall–Kier alpha value is -1.55. The van der Waals surface area contributed by atoms with Gasteiger partial charge in [0.2, 0.25) is 0 Å². The van der Waals surface area contributed by atoms with E-state index in [0.717, 1.165) is 25.9 Å². The molecule has 1 aliphatic heterocycles. The van der Waals surface area contributed by atoms with Crippen LogP contribution in [0.2, 0.25) is 5.02 Å². The maximum Gasteiger partial charge on any atom is 0.311 e. The monoisotopic (exact) mass is 295 g/mol. The van der Waals surface area contributed by atoms with E-state index in [1.807, 2.05) is 6.07 Å². The lowest BCUT2D eigenvalue weighted by atomic mass is 10.1. The van der Waals surface area contributed by atoms with E-state index in [1.54, 1.807) is 30.0 Å². The zero-order valence-electron chi connectivity index (χ0n) is 11.5. The van der Waals surface area contributed by atoms with Crippen molar-refractivity contribution in [1.82, 2.24) is 4.90 Å². The molecule has 2 rings (SSSR count). The molecule has 1 aliphatic rings. The van der Waals surface area contributed by atoms with Gasteiger partial charge in [0.1, 0.15) is 0 Å². The van der Waals surface area contributed by atoms with Crippen LogP contribution in [0, 0.1) is 0 Å². The number of hydrogen-bond donors (Lipinski definition) is 0. The van der Waals surface area contributed by atoms with Crippen LogP contribution in [0.1, 0.15) is 25.3 Å². The highest BCUT2D eigenvalue weighted by molar-refractivity contribution is 6.31. The van der Waals surface area contributed by atoms with E-state index in [1.165, 1.54) is 0 Å². The summed E-state index contributed by atoms with van der Waals surface area (Å²) in [6.45, 7) is 3.13. The second kappa shape index (κ2) is 6.75. The summed E-state index contributed by atoms with van der Waals surface area (Å²) in [6, 6.07) is 7.11. The quantitative estimate of drug-likeness (QED) is 0.802. The van der Waals surface area contributed by atoms with Crippen molar-refractivity contribution in [2.45, 2.75) is 32.3 Å². The number of nitrogens with zero attached hydrogens (tertiary/aromatic N) is 1. The van der Waals surface area contributed by atoms with Crippen molar-refractivity contribution in [2.75, 3.05) is 13.1 Å². The molecule has 0 aromatic heterocycles. The number of ether oxygens (including phenoxy) is 1. The van der Waals surface area contributed by atoms with Crippen LogP contribution in [-0.2, 0) is 20.7 Å². The van der Waals surface area contributed by atoms with Crippen molar-refractivity contribution in [2.24, 2.45) is 0 Å². The van der Waals surface area contributed by atoms with Crippen molar-refractivity contribution in [3.8, 4) is 0 Å². The van der Waals surface area contributed by atoms with Crippen molar-refractivity contribution in [3.05, 3.63) is 34.9 Å². The third-order valence-corrected chi connectivity index (χ3v) is 3.74. The van der Waals surface area contributed by atoms with E-state index in [0.29, 0.717) is 10.6 Å². The highest BCUT2D eigenvalue weighted by atomic mass is 35.5. The van der Waals surface area contributed by atoms with E-state index >= 15 is 0 Å². The van der Waals surface area contributed by atoms with Crippen LogP contribution in [-0.4, -0.2) is 36.0 Å². The highest BCUT2D eigenvalue weighted by Crippen LogP contribution is 2.16. The number of hydrogen-bond acceptors (Lipinski definition) is 3. The standard InChI is InChI=1S/C15H18ClNO3/c1-11(15(19)17-8-4-5-9-17)20-14(18)10-12-6-2-3-7-13(12)16/h2-3,6-7,11H,4-5,8-10H2,1H3. The van der Waals surface area contributed by atoms with Gasteiger partial charge in [-0.2, -0.15) is 0 Å². The minimum atomic E-state index is -0.733. The lowest BCUT2D eigenvalue weighted by molar-refractivity contribution is -0.158. The number of carbonyl (C=O) groups is 2. The van der Waals surface area contributed by atoms with Crippen LogP contribution in [0.25, 0.3) is 0 Å². The Morgan fingerprint density at radius 1 is 1.30 bits per heavy atom. The van der Waals surface area contributed by atoms with Gasteiger partial charge in [-0.3, -0.25) is 9.59 Å². The number of carbonyl (C=O) groups excluding carboxylic acids is 2. The van der Waals surface area contributed by atoms with Gasteiger partial charge >= 0.3 is 5.97 Å². The van der Waals surface area contributed by atoms with E-state index in [2.05, 4.69) is 0 Å². The Labute approximate surface area is 123 Å². The largest absolute Gasteiger partial charge is 0.452 e. The minimum absolute atomic E-state index is 0.0806. The van der Waals surface area contributed by atoms with Crippen LogP contribution in [0.5, 0.6) is 0 Å². The van der Waals surface area contributed by atoms with E-state index < -0.39 is 12.1 Å². The van der Waals surface area contributed by atoms with Gasteiger partial charge in [-0.25, -0.2) is 0 Å². The molecule has 1 fully saturated rings. The molecule has 1 aromatic carbocycles. The fourth-order valence-corrected chi connectivity index (χ4v) is 2.48. The molecule has 1 heterocycles. The first-order valence-corrected chi connectivity index (χ1v) is 7.17. The molecule has 1 saturated heterocycles. The molecule has 1 amide bonds. The zero-order valence-corrected chi connectivity index (χ0v) is 12.2. The third kappa shape index (κ3) is 3.73. The predicted octanol–water partition coefficient (Wildman–Crippen LogP) is 2.44. The van der Waals surface area contributed by atoms with Crippen LogP contribution < -0.4 is 0 Å². The molecule has 20 heavy (non-hydrogen) atoms. The van der Waals surface area contributed by atoms with Crippen molar-refractivity contribution in [1.29, 1.82) is 0 Å². The van der Waals surface area contributed by atoms with Crippen LogP contribution >= 0.6 is 11.6 Å². The van der Waals surface area contributed by atoms with Gasteiger partial charge < -0.3 is 9.64 Å². The molecular weight excluding hydrogens is 278 g/mol. The molecule has 1 aromatic rings. The Bertz CT molecular complexity index is 498. The molecule has 5 heteroatoms. The van der Waals surface area contributed by atoms with E-state index in [9.17, 15) is 9.59 Å². The summed E-state index contributed by atoms with van der Waals surface area (Å²) in [6.07, 6.45) is 1.39. The van der Waals surface area contributed by atoms with E-state index in [4.69, 9.17) is 16.3 Å². The lowest BCUT2D eigenvalue weighted by Gasteiger charge is -2.20. The van der Waals surface area contributed by atoms with Gasteiger partial charge in [0.25, 0.3) is 5.91 Å². The molecule has 0 radical (unpaired) electrons. The molecule has 108 valence electrons. The van der Waals surface area contributed by atoms with Crippen LogP contribution in [0.4, 0.5) is 0 Å². The normalized spacial score (nSPS) is 16.0. The molecule has 0 spiro atoms. The maximum absolute atomic E-state index is 12.0. The summed E-state index contributed by atoms with van der Waals surface area (Å²) >= 11 is 5.99. The summed E-state index contributed by atoms with van der Waals surface area (Å²) < 4.78 is 5.19. The van der Waals surface area contributed by atoms with Crippen LogP contribution in [0.3, 0.4) is 0 Å². The number of esters is 1. The fourth-order valence-electron chi connectivity index (χ4n) is 2.28. The number of amides is 1. The molecule has 1 atom stereocenters. The second-order valence-corrected chi connectivity index (χ2v) is 5.34. The average molecular weight is 296 g/mol. The number of likely N-dealkylation sites (tertiary alicyclic amines) is 1. The van der Waals surface area contributed by atoms with Crippen molar-refractivity contribution in [3.63, 3.8) is 0 Å². The lowest BCUT2D eigenvalue weighted by Crippen LogP contribution is -2.38. The smallest absolute Gasteiger partial charge is 0.311 e. The average Bonchev–Trinajstić information content (AvgIpc) is 2.94. The molecule has 4 nitrogen and oxygen atoms in total. The summed E-state index contributed by atoms with van der Waals surface area (Å²) in [7, 11) is 0. The van der Waals surface area contributed by atoms with Gasteiger partial charge in [-0.1, -0.05) is 29.8 Å². The first kappa shape index (κ1) is 14.9. The highest BCUT2D eigenvalue weighted by Gasteiger charge is 2.25. The van der Waals surface area contributed by atoms with Crippen molar-refractivity contribution >= 4 is 23.5 Å². The second-order valence-electron chi connectivity index (χ2n) is 4.93. The van der Waals surface area contributed by atoms with Gasteiger partial charge in [-0.05, 0) is 31.4 Å². The minimum Gasteiger partial charge on any atom is -0.452 e. The van der Waals surface area contributed by atoms with Gasteiger partial charge in [0, 0.05) is 18.1 Å². The molecule has 0 bridgehead atoms. The number of halogens is 1. The van der Waals surface area contributed by atoms with Gasteiger partial charge in [-0.15, -0.1) is 0 Å². The SMILES string of the molecule is CC(OC(=O)Cc1ccccc1Cl)C(=O)N1CCCC1. The number of benzene rings is 1. The number of rotatable bonds is 4. The summed E-state index contributed by atoms with van der Waals surface area (Å²) in [4.78, 5) is 25.6. The molecular formula is C15H18ClNO3. The summed E-state index contributed by atoms with van der Waals surface area (Å²) in [5, 5.41) is 0.531. The molecule has 1 unspecified atom stereocenters. The topological polar surface area (TPSA) is 46.6 Å². The first-order chi connectivity index (χ1) is 9.58. The van der Waals surface area contributed by atoms with Gasteiger partial charge in [0.15, 0.2) is 6.10 Å². The van der Waals surface area contributed by atoms with E-state index in [-0.39, 0.29) is 12.3 Å². The fraction of sp³-hybridized carbons (Fsp3) is 0.467. The van der Waals surface area contributed by atoms with Gasteiger partial charge in [0.05, 0.1) is 6.42 Å². The first-order valence-electron chi connectivity index (χ1n) is 6.79. The third-order valence-electron chi connectivity index (χ3n) is 3.37. The Balaban J connectivity index is 1.87. The van der Waals surface area contributed by atoms with Crippen LogP contribution in [0.15, 0.2) is 24.3 Å². The summed E-state index contributed by atoms with van der Waals surface area (Å²) in [5.74, 6) is -0.548. The maximum atomic E-state index is 12.0. The molecule has 0 N–H and O–H groups in total. The Morgan fingerprint density at radius 2 is 1.95 bits per heavy atom. The molecule has 0 aliphatic carbocycles. The Kier molecular flexibility index (Phi) is 5.01. The molecule has 0 saturated carbocycles. The van der Waals surface area contributed by atoms with Crippen molar-refractivity contribution < 1.29 is 14.3 Å². The Morgan fingerprint density at radius 3 is 2.60 bits per heavy atom. The predicted molar refractivity (Wildman–Crippen MR) is 76.5 cm³/mol. The zero-order chi connectivity index (χ0) is 14.5.